The summed E-state index contributed by atoms with van der Waals surface area (Å²) < 4.78 is 27.1. The maximum Gasteiger partial charge on any atom is 0.289 e. The van der Waals surface area contributed by atoms with Crippen molar-refractivity contribution in [3.63, 3.8) is 0 Å². The molecule has 8 heteroatoms. The predicted octanol–water partition coefficient (Wildman–Crippen LogP) is 1.36. The Labute approximate surface area is 124 Å². The minimum atomic E-state index is -3.92. The number of hydrogen-bond donors (Lipinski definition) is 1. The van der Waals surface area contributed by atoms with E-state index in [0.29, 0.717) is 19.5 Å². The molecular formula is C13H19N3O4S. The molecule has 1 aliphatic heterocycles. The monoisotopic (exact) mass is 313 g/mol. The second-order valence-electron chi connectivity index (χ2n) is 5.61. The molecule has 1 aromatic carbocycles. The van der Waals surface area contributed by atoms with Crippen LogP contribution in [-0.4, -0.2) is 42.8 Å². The Bertz CT molecular complexity index is 643. The van der Waals surface area contributed by atoms with Crippen molar-refractivity contribution in [2.45, 2.75) is 30.7 Å². The maximum atomic E-state index is 12.9. The van der Waals surface area contributed by atoms with Crippen LogP contribution in [0.2, 0.25) is 0 Å². The van der Waals surface area contributed by atoms with Crippen LogP contribution in [0.4, 0.5) is 5.69 Å². The summed E-state index contributed by atoms with van der Waals surface area (Å²) in [7, 11) is -3.92. The van der Waals surface area contributed by atoms with Gasteiger partial charge < -0.3 is 5.32 Å². The molecule has 1 aromatic rings. The van der Waals surface area contributed by atoms with Gasteiger partial charge in [-0.3, -0.25) is 10.1 Å². The summed E-state index contributed by atoms with van der Waals surface area (Å²) in [5.74, 6) is 0. The molecule has 116 valence electrons. The van der Waals surface area contributed by atoms with Crippen LogP contribution in [0.3, 0.4) is 0 Å². The highest BCUT2D eigenvalue weighted by Crippen LogP contribution is 2.32. The van der Waals surface area contributed by atoms with Gasteiger partial charge in [-0.15, -0.1) is 0 Å². The maximum absolute atomic E-state index is 12.9. The fraction of sp³-hybridized carbons (Fsp3) is 0.538. The number of benzene rings is 1. The molecule has 0 radical (unpaired) electrons. The number of hydrogen-bond acceptors (Lipinski definition) is 5. The number of para-hydroxylation sites is 1. The van der Waals surface area contributed by atoms with Crippen molar-refractivity contribution in [2.75, 3.05) is 19.6 Å². The van der Waals surface area contributed by atoms with Gasteiger partial charge in [-0.2, -0.15) is 4.31 Å². The van der Waals surface area contributed by atoms with Gasteiger partial charge in [-0.25, -0.2) is 8.42 Å². The number of nitro benzene ring substituents is 1. The number of nitrogens with zero attached hydrogens (tertiary/aromatic N) is 2. The molecule has 1 heterocycles. The van der Waals surface area contributed by atoms with Gasteiger partial charge in [-0.05, 0) is 32.9 Å². The van der Waals surface area contributed by atoms with Crippen LogP contribution in [0.1, 0.15) is 20.3 Å². The molecular weight excluding hydrogens is 294 g/mol. The predicted molar refractivity (Wildman–Crippen MR) is 78.6 cm³/mol. The van der Waals surface area contributed by atoms with Gasteiger partial charge in [0.25, 0.3) is 5.69 Å². The van der Waals surface area contributed by atoms with E-state index in [1.807, 2.05) is 13.8 Å². The fourth-order valence-corrected chi connectivity index (χ4v) is 4.49. The van der Waals surface area contributed by atoms with Crippen LogP contribution in [0.5, 0.6) is 0 Å². The summed E-state index contributed by atoms with van der Waals surface area (Å²) in [5.41, 5.74) is -0.975. The molecule has 0 saturated carbocycles. The van der Waals surface area contributed by atoms with E-state index < -0.39 is 20.5 Å². The van der Waals surface area contributed by atoms with Gasteiger partial charge in [0.05, 0.1) is 4.92 Å². The minimum Gasteiger partial charge on any atom is -0.315 e. The molecule has 0 bridgehead atoms. The Morgan fingerprint density at radius 3 is 2.62 bits per heavy atom. The number of rotatable bonds is 3. The lowest BCUT2D eigenvalue weighted by atomic mass is 10.0. The summed E-state index contributed by atoms with van der Waals surface area (Å²) in [6, 6.07) is 5.48. The van der Waals surface area contributed by atoms with Crippen molar-refractivity contribution in [3.8, 4) is 0 Å². The Hall–Kier alpha value is -1.51. The molecule has 7 nitrogen and oxygen atoms in total. The zero-order chi connectivity index (χ0) is 15.7. The van der Waals surface area contributed by atoms with Gasteiger partial charge in [0.15, 0.2) is 4.90 Å². The van der Waals surface area contributed by atoms with Gasteiger partial charge in [0.1, 0.15) is 0 Å². The number of nitrogens with one attached hydrogen (secondary N) is 1. The fourth-order valence-electron chi connectivity index (χ4n) is 2.52. The Balaban J connectivity index is 2.53. The number of nitro groups is 1. The van der Waals surface area contributed by atoms with Crippen molar-refractivity contribution in [1.82, 2.24) is 9.62 Å². The third-order valence-corrected chi connectivity index (χ3v) is 5.87. The SMILES string of the molecule is CC1(C)CCNCCN1S(=O)(=O)c1ccccc1[N+](=O)[O-]. The molecule has 2 rings (SSSR count). The zero-order valence-corrected chi connectivity index (χ0v) is 12.9. The van der Waals surface area contributed by atoms with Crippen molar-refractivity contribution in [3.05, 3.63) is 34.4 Å². The highest BCUT2D eigenvalue weighted by Gasteiger charge is 2.40. The Morgan fingerprint density at radius 1 is 1.29 bits per heavy atom. The average Bonchev–Trinajstić information content (AvgIpc) is 2.59. The lowest BCUT2D eigenvalue weighted by Crippen LogP contribution is -2.48. The second kappa shape index (κ2) is 5.70. The largest absolute Gasteiger partial charge is 0.315 e. The highest BCUT2D eigenvalue weighted by atomic mass is 32.2. The van der Waals surface area contributed by atoms with E-state index in [1.54, 1.807) is 0 Å². The quantitative estimate of drug-likeness (QED) is 0.672. The molecule has 0 amide bonds. The highest BCUT2D eigenvalue weighted by molar-refractivity contribution is 7.89. The third kappa shape index (κ3) is 3.07. The summed E-state index contributed by atoms with van der Waals surface area (Å²) >= 11 is 0. The lowest BCUT2D eigenvalue weighted by molar-refractivity contribution is -0.387. The first-order valence-electron chi connectivity index (χ1n) is 6.74. The molecule has 0 atom stereocenters. The first-order valence-corrected chi connectivity index (χ1v) is 8.18. The molecule has 1 N–H and O–H groups in total. The van der Waals surface area contributed by atoms with E-state index >= 15 is 0 Å². The van der Waals surface area contributed by atoms with Crippen LogP contribution in [-0.2, 0) is 10.0 Å². The van der Waals surface area contributed by atoms with Gasteiger partial charge >= 0.3 is 0 Å². The lowest BCUT2D eigenvalue weighted by Gasteiger charge is -2.35. The molecule has 0 spiro atoms. The van der Waals surface area contributed by atoms with Crippen molar-refractivity contribution >= 4 is 15.7 Å². The Kier molecular flexibility index (Phi) is 4.31. The van der Waals surface area contributed by atoms with E-state index in [4.69, 9.17) is 0 Å². The molecule has 1 aliphatic rings. The van der Waals surface area contributed by atoms with E-state index in [1.165, 1.54) is 28.6 Å². The van der Waals surface area contributed by atoms with Crippen LogP contribution >= 0.6 is 0 Å². The van der Waals surface area contributed by atoms with Gasteiger partial charge in [-0.1, -0.05) is 12.1 Å². The summed E-state index contributed by atoms with van der Waals surface area (Å²) in [5, 5.41) is 14.2. The first-order chi connectivity index (χ1) is 9.77. The van der Waals surface area contributed by atoms with Gasteiger partial charge in [0, 0.05) is 24.7 Å². The molecule has 1 fully saturated rings. The molecule has 1 saturated heterocycles. The van der Waals surface area contributed by atoms with Crippen molar-refractivity contribution in [2.24, 2.45) is 0 Å². The topological polar surface area (TPSA) is 92.6 Å². The second-order valence-corrected chi connectivity index (χ2v) is 7.45. The first kappa shape index (κ1) is 15.9. The number of sulfonamides is 1. The Morgan fingerprint density at radius 2 is 1.95 bits per heavy atom. The normalized spacial score (nSPS) is 19.9. The van der Waals surface area contributed by atoms with Crippen LogP contribution in [0.15, 0.2) is 29.2 Å². The molecule has 21 heavy (non-hydrogen) atoms. The van der Waals surface area contributed by atoms with Crippen LogP contribution < -0.4 is 5.32 Å². The van der Waals surface area contributed by atoms with E-state index in [9.17, 15) is 18.5 Å². The standard InChI is InChI=1S/C13H19N3O4S/c1-13(2)7-8-14-9-10-15(13)21(19,20)12-6-4-3-5-11(12)16(17)18/h3-6,14H,7-10H2,1-2H3. The van der Waals surface area contributed by atoms with E-state index in [2.05, 4.69) is 5.32 Å². The molecule has 0 aliphatic carbocycles. The molecule has 0 aromatic heterocycles. The van der Waals surface area contributed by atoms with Crippen molar-refractivity contribution in [1.29, 1.82) is 0 Å². The van der Waals surface area contributed by atoms with Crippen molar-refractivity contribution < 1.29 is 13.3 Å². The third-order valence-electron chi connectivity index (χ3n) is 3.71. The van der Waals surface area contributed by atoms with Crippen LogP contribution in [0, 0.1) is 10.1 Å². The van der Waals surface area contributed by atoms with E-state index in [-0.39, 0.29) is 10.6 Å². The average molecular weight is 313 g/mol. The smallest absolute Gasteiger partial charge is 0.289 e. The summed E-state index contributed by atoms with van der Waals surface area (Å²) in [6.45, 7) is 5.22. The van der Waals surface area contributed by atoms with E-state index in [0.717, 1.165) is 6.54 Å². The van der Waals surface area contributed by atoms with Crippen LogP contribution in [0.25, 0.3) is 0 Å². The summed E-state index contributed by atoms with van der Waals surface area (Å²) in [6.07, 6.45) is 0.646. The summed E-state index contributed by atoms with van der Waals surface area (Å²) in [4.78, 5) is 10.2. The molecule has 0 unspecified atom stereocenters. The van der Waals surface area contributed by atoms with Gasteiger partial charge in [0.2, 0.25) is 10.0 Å². The zero-order valence-electron chi connectivity index (χ0n) is 12.1. The minimum absolute atomic E-state index is 0.245.